The van der Waals surface area contributed by atoms with Gasteiger partial charge in [-0.2, -0.15) is 0 Å². The summed E-state index contributed by atoms with van der Waals surface area (Å²) in [6, 6.07) is 0. The van der Waals surface area contributed by atoms with Gasteiger partial charge in [-0.05, 0) is 68.2 Å². The van der Waals surface area contributed by atoms with Crippen molar-refractivity contribution in [2.24, 2.45) is 27.9 Å². The van der Waals surface area contributed by atoms with Gasteiger partial charge in [0, 0.05) is 21.3 Å². The van der Waals surface area contributed by atoms with E-state index in [-0.39, 0.29) is 5.41 Å². The Morgan fingerprint density at radius 1 is 0.385 bits per heavy atom. The molecule has 0 aliphatic heterocycles. The second-order valence-electron chi connectivity index (χ2n) is 17.2. The molecule has 0 saturated heterocycles. The number of unbranched alkanes of at least 4 members (excludes halogenated alkanes) is 16. The largest absolute Gasteiger partial charge is 0.330 e. The van der Waals surface area contributed by atoms with E-state index >= 15 is 0 Å². The van der Waals surface area contributed by atoms with Gasteiger partial charge in [-0.25, -0.2) is 0 Å². The maximum absolute atomic E-state index is 6.35. The van der Waals surface area contributed by atoms with Gasteiger partial charge in [-0.1, -0.05) is 209 Å². The van der Waals surface area contributed by atoms with Crippen LogP contribution in [0, 0.1) is 22.2 Å². The molecule has 2 unspecified atom stereocenters. The van der Waals surface area contributed by atoms with Crippen molar-refractivity contribution < 1.29 is 14.2 Å². The first kappa shape index (κ1) is 51.8. The van der Waals surface area contributed by atoms with Crippen molar-refractivity contribution in [2.45, 2.75) is 260 Å². The van der Waals surface area contributed by atoms with Gasteiger partial charge in [0.05, 0.1) is 5.41 Å². The topological polar surface area (TPSA) is 53.7 Å². The molecule has 0 aromatic heterocycles. The van der Waals surface area contributed by atoms with Gasteiger partial charge < -0.3 is 19.9 Å². The van der Waals surface area contributed by atoms with Crippen molar-refractivity contribution in [1.82, 2.24) is 0 Å². The second-order valence-corrected chi connectivity index (χ2v) is 17.2. The van der Waals surface area contributed by atoms with Crippen LogP contribution in [-0.4, -0.2) is 33.8 Å². The zero-order valence-electron chi connectivity index (χ0n) is 37.7. The molecule has 0 saturated carbocycles. The van der Waals surface area contributed by atoms with Gasteiger partial charge in [-0.15, -0.1) is 0 Å². The molecule has 0 radical (unpaired) electrons. The van der Waals surface area contributed by atoms with E-state index in [4.69, 9.17) is 19.9 Å². The van der Waals surface area contributed by atoms with E-state index in [1.807, 2.05) is 0 Å². The summed E-state index contributed by atoms with van der Waals surface area (Å²) in [5.74, 6) is -0.535. The highest BCUT2D eigenvalue weighted by Crippen LogP contribution is 2.53. The fraction of sp³-hybridized carbons (Fsp3) is 1.00. The molecule has 4 heteroatoms. The Morgan fingerprint density at radius 2 is 0.692 bits per heavy atom. The lowest BCUT2D eigenvalue weighted by atomic mass is 9.63. The van der Waals surface area contributed by atoms with Crippen molar-refractivity contribution in [3.8, 4) is 0 Å². The maximum atomic E-state index is 6.35. The average Bonchev–Trinajstić information content (AvgIpc) is 3.18. The van der Waals surface area contributed by atoms with Crippen molar-refractivity contribution in [1.29, 1.82) is 0 Å². The lowest BCUT2D eigenvalue weighted by Crippen LogP contribution is -2.57. The molecule has 0 amide bonds. The molecule has 0 fully saturated rings. The van der Waals surface area contributed by atoms with Gasteiger partial charge in [0.2, 0.25) is 0 Å². The molecule has 0 aromatic carbocycles. The molecule has 0 aliphatic rings. The molecule has 52 heavy (non-hydrogen) atoms. The quantitative estimate of drug-likeness (QED) is 0.0502. The van der Waals surface area contributed by atoms with E-state index in [0.29, 0.717) is 23.3 Å². The number of hydrogen-bond acceptors (Lipinski definition) is 4. The molecule has 0 aromatic rings. The van der Waals surface area contributed by atoms with E-state index < -0.39 is 5.97 Å². The Hall–Kier alpha value is -0.160. The number of nitrogens with two attached hydrogens (primary N) is 1. The van der Waals surface area contributed by atoms with Gasteiger partial charge >= 0.3 is 0 Å². The standard InChI is InChI=1S/C48H99NO3/c1-11-18-19-26-31-37-44(38-32-27-22-20-23-28-33-39-45(12-2,13-3)14-4)47(42-36-43-49,48(50-8,51-9)52-10)41-35-30-25-21-24-29-34-40-46(15-5,16-6)17-7/h44H,11-43,49H2,1-10H3. The smallest absolute Gasteiger partial charge is 0.288 e. The predicted molar refractivity (Wildman–Crippen MR) is 231 cm³/mol. The molecule has 0 spiro atoms. The minimum Gasteiger partial charge on any atom is -0.330 e. The summed E-state index contributed by atoms with van der Waals surface area (Å²) < 4.78 is 19.0. The van der Waals surface area contributed by atoms with Crippen LogP contribution in [0.15, 0.2) is 0 Å². The van der Waals surface area contributed by atoms with Crippen LogP contribution >= 0.6 is 0 Å². The average molecular weight is 738 g/mol. The summed E-state index contributed by atoms with van der Waals surface area (Å²) in [5, 5.41) is 0. The summed E-state index contributed by atoms with van der Waals surface area (Å²) in [5.41, 5.74) is 7.23. The summed E-state index contributed by atoms with van der Waals surface area (Å²) in [7, 11) is 5.41. The SMILES string of the molecule is CCCCCCCC(CCCCCCCCCC(CC)(CC)CC)C(CCCN)(CCCCCCCCCC(CC)(CC)CC)C(OC)(OC)OC. The third-order valence-corrected chi connectivity index (χ3v) is 14.8. The van der Waals surface area contributed by atoms with Gasteiger partial charge in [0.15, 0.2) is 0 Å². The van der Waals surface area contributed by atoms with E-state index in [0.717, 1.165) is 19.3 Å². The Bertz CT molecular complexity index is 734. The predicted octanol–water partition coefficient (Wildman–Crippen LogP) is 15.7. The monoisotopic (exact) mass is 738 g/mol. The van der Waals surface area contributed by atoms with E-state index in [1.165, 1.54) is 186 Å². The fourth-order valence-corrected chi connectivity index (χ4v) is 10.2. The molecule has 2 atom stereocenters. The Morgan fingerprint density at radius 3 is 1.02 bits per heavy atom. The van der Waals surface area contributed by atoms with Crippen LogP contribution in [0.1, 0.15) is 254 Å². The van der Waals surface area contributed by atoms with Crippen LogP contribution in [0.4, 0.5) is 0 Å². The highest BCUT2D eigenvalue weighted by Gasteiger charge is 2.56. The van der Waals surface area contributed by atoms with Gasteiger partial charge in [-0.3, -0.25) is 0 Å². The lowest BCUT2D eigenvalue weighted by molar-refractivity contribution is -0.420. The highest BCUT2D eigenvalue weighted by molar-refractivity contribution is 4.95. The van der Waals surface area contributed by atoms with Crippen LogP contribution in [-0.2, 0) is 14.2 Å². The Labute approximate surface area is 329 Å². The van der Waals surface area contributed by atoms with Crippen LogP contribution < -0.4 is 5.73 Å². The first-order valence-corrected chi connectivity index (χ1v) is 23.6. The number of ether oxygens (including phenoxy) is 3. The normalized spacial score (nSPS) is 14.6. The molecular weight excluding hydrogens is 639 g/mol. The zero-order valence-corrected chi connectivity index (χ0v) is 37.7. The Balaban J connectivity index is 5.56. The molecule has 0 heterocycles. The molecule has 314 valence electrons. The molecule has 2 N–H and O–H groups in total. The number of hydrogen-bond donors (Lipinski definition) is 1. The molecule has 4 nitrogen and oxygen atoms in total. The summed E-state index contributed by atoms with van der Waals surface area (Å²) in [6.07, 6.45) is 41.8. The van der Waals surface area contributed by atoms with Crippen LogP contribution in [0.2, 0.25) is 0 Å². The first-order valence-electron chi connectivity index (χ1n) is 23.6. The van der Waals surface area contributed by atoms with Crippen molar-refractivity contribution in [3.05, 3.63) is 0 Å². The fourth-order valence-electron chi connectivity index (χ4n) is 10.2. The van der Waals surface area contributed by atoms with Gasteiger partial charge in [0.25, 0.3) is 5.97 Å². The van der Waals surface area contributed by atoms with Crippen LogP contribution in [0.25, 0.3) is 0 Å². The van der Waals surface area contributed by atoms with E-state index in [2.05, 4.69) is 48.5 Å². The molecule has 0 bridgehead atoms. The van der Waals surface area contributed by atoms with Crippen molar-refractivity contribution in [2.75, 3.05) is 27.9 Å². The minimum atomic E-state index is -1.04. The molecule has 0 rings (SSSR count). The maximum Gasteiger partial charge on any atom is 0.288 e. The number of rotatable bonds is 40. The van der Waals surface area contributed by atoms with Crippen LogP contribution in [0.3, 0.4) is 0 Å². The second kappa shape index (κ2) is 32.0. The van der Waals surface area contributed by atoms with Crippen molar-refractivity contribution in [3.63, 3.8) is 0 Å². The van der Waals surface area contributed by atoms with E-state index in [9.17, 15) is 0 Å². The third-order valence-electron chi connectivity index (χ3n) is 14.8. The highest BCUT2D eigenvalue weighted by atomic mass is 16.9. The molecular formula is C48H99NO3. The Kier molecular flexibility index (Phi) is 31.9. The number of methoxy groups -OCH3 is 3. The summed E-state index contributed by atoms with van der Waals surface area (Å²) in [4.78, 5) is 0. The van der Waals surface area contributed by atoms with Crippen LogP contribution in [0.5, 0.6) is 0 Å². The molecule has 0 aliphatic carbocycles. The summed E-state index contributed by atoms with van der Waals surface area (Å²) in [6.45, 7) is 17.4. The minimum absolute atomic E-state index is 0.205. The lowest BCUT2D eigenvalue weighted by Gasteiger charge is -2.52. The van der Waals surface area contributed by atoms with Gasteiger partial charge in [0.1, 0.15) is 0 Å². The third kappa shape index (κ3) is 18.2. The van der Waals surface area contributed by atoms with E-state index in [1.54, 1.807) is 21.3 Å². The summed E-state index contributed by atoms with van der Waals surface area (Å²) >= 11 is 0. The van der Waals surface area contributed by atoms with Crippen molar-refractivity contribution >= 4 is 0 Å². The first-order chi connectivity index (χ1) is 25.2. The zero-order chi connectivity index (χ0) is 39.0.